The second kappa shape index (κ2) is 5.24. The summed E-state index contributed by atoms with van der Waals surface area (Å²) in [6, 6.07) is 10.0. The summed E-state index contributed by atoms with van der Waals surface area (Å²) in [5, 5.41) is 8.55. The number of fused-ring (bicyclic) bond motifs is 3. The van der Waals surface area contributed by atoms with E-state index < -0.39 is 0 Å². The van der Waals surface area contributed by atoms with Gasteiger partial charge < -0.3 is 0 Å². The largest absolute Gasteiger partial charge is 0.279 e. The Balaban J connectivity index is 2.03. The van der Waals surface area contributed by atoms with Gasteiger partial charge in [-0.15, -0.1) is 10.2 Å². The van der Waals surface area contributed by atoms with Gasteiger partial charge in [-0.3, -0.25) is 9.56 Å². The molecule has 1 aliphatic rings. The minimum absolute atomic E-state index is 0.290. The van der Waals surface area contributed by atoms with Crippen LogP contribution in [0.3, 0.4) is 0 Å². The Bertz CT molecular complexity index is 947. The van der Waals surface area contributed by atoms with Crippen LogP contribution in [0, 0.1) is 12.7 Å². The molecule has 114 valence electrons. The number of nitrogens with zero attached hydrogens (tertiary/aromatic N) is 5. The van der Waals surface area contributed by atoms with E-state index in [1.165, 1.54) is 6.07 Å². The zero-order chi connectivity index (χ0) is 16.0. The molecule has 7 heteroatoms. The van der Waals surface area contributed by atoms with Crippen LogP contribution in [0.5, 0.6) is 0 Å². The van der Waals surface area contributed by atoms with Gasteiger partial charge in [-0.25, -0.2) is 9.37 Å². The monoisotopic (exact) mass is 327 g/mol. The van der Waals surface area contributed by atoms with E-state index in [9.17, 15) is 4.39 Å². The molecule has 3 heterocycles. The van der Waals surface area contributed by atoms with Crippen LogP contribution < -0.4 is 0 Å². The standard InChI is InChI=1S/C16H11ClFN5/c1-9-21-22-14-8-19-15(10-4-2-3-5-11(10)18)16-12(23(9)14)6-7-13(17)20-16/h2-7H,8H2,1H3. The van der Waals surface area contributed by atoms with Crippen molar-refractivity contribution in [3.05, 3.63) is 70.3 Å². The quantitative estimate of drug-likeness (QED) is 0.645. The Morgan fingerprint density at radius 1 is 1.13 bits per heavy atom. The summed E-state index contributed by atoms with van der Waals surface area (Å²) in [4.78, 5) is 8.91. The summed E-state index contributed by atoms with van der Waals surface area (Å²) in [5.74, 6) is 1.04. The van der Waals surface area contributed by atoms with E-state index in [-0.39, 0.29) is 5.82 Å². The number of benzene rings is 1. The van der Waals surface area contributed by atoms with Crippen molar-refractivity contribution in [3.63, 3.8) is 0 Å². The fourth-order valence-corrected chi connectivity index (χ4v) is 2.84. The Hall–Kier alpha value is -2.60. The normalized spacial score (nSPS) is 13.1. The molecular formula is C16H11ClFN5. The molecule has 5 nitrogen and oxygen atoms in total. The average molecular weight is 328 g/mol. The number of halogens is 2. The van der Waals surface area contributed by atoms with Gasteiger partial charge in [0, 0.05) is 5.56 Å². The molecule has 0 saturated heterocycles. The lowest BCUT2D eigenvalue weighted by Crippen LogP contribution is -2.12. The molecule has 0 N–H and O–H groups in total. The van der Waals surface area contributed by atoms with Crippen LogP contribution in [0.15, 0.2) is 41.4 Å². The first-order valence-corrected chi connectivity index (χ1v) is 7.40. The number of rotatable bonds is 1. The van der Waals surface area contributed by atoms with Crippen molar-refractivity contribution < 1.29 is 4.39 Å². The van der Waals surface area contributed by atoms with Gasteiger partial charge in [0.25, 0.3) is 0 Å². The molecule has 1 aromatic carbocycles. The van der Waals surface area contributed by atoms with Gasteiger partial charge in [-0.1, -0.05) is 23.7 Å². The van der Waals surface area contributed by atoms with Crippen molar-refractivity contribution in [1.29, 1.82) is 0 Å². The second-order valence-electron chi connectivity index (χ2n) is 5.15. The van der Waals surface area contributed by atoms with Gasteiger partial charge in [-0.05, 0) is 31.2 Å². The lowest BCUT2D eigenvalue weighted by molar-refractivity contribution is 0.625. The van der Waals surface area contributed by atoms with Crippen LogP contribution in [0.2, 0.25) is 5.15 Å². The predicted octanol–water partition coefficient (Wildman–Crippen LogP) is 3.11. The van der Waals surface area contributed by atoms with Gasteiger partial charge in [-0.2, -0.15) is 0 Å². The molecule has 4 rings (SSSR count). The van der Waals surface area contributed by atoms with E-state index >= 15 is 0 Å². The fraction of sp³-hybridized carbons (Fsp3) is 0.125. The number of hydrogen-bond donors (Lipinski definition) is 0. The number of aromatic nitrogens is 4. The highest BCUT2D eigenvalue weighted by Crippen LogP contribution is 2.26. The van der Waals surface area contributed by atoms with E-state index in [2.05, 4.69) is 20.2 Å². The van der Waals surface area contributed by atoms with Crippen molar-refractivity contribution >= 4 is 17.3 Å². The SMILES string of the molecule is Cc1nnc2n1-c1ccc(Cl)nc1C(c1ccccc1F)=NC2. The Kier molecular flexibility index (Phi) is 3.20. The molecular weight excluding hydrogens is 317 g/mol. The first-order valence-electron chi connectivity index (χ1n) is 7.02. The summed E-state index contributed by atoms with van der Waals surface area (Å²) in [6.45, 7) is 2.14. The Morgan fingerprint density at radius 2 is 1.96 bits per heavy atom. The fourth-order valence-electron chi connectivity index (χ4n) is 2.70. The molecule has 1 aliphatic heterocycles. The number of hydrogen-bond acceptors (Lipinski definition) is 4. The maximum absolute atomic E-state index is 14.3. The summed E-state index contributed by atoms with van der Waals surface area (Å²) in [5.41, 5.74) is 2.11. The number of aliphatic imine (C=N–C) groups is 1. The summed E-state index contributed by atoms with van der Waals surface area (Å²) >= 11 is 6.06. The van der Waals surface area contributed by atoms with E-state index in [1.54, 1.807) is 24.3 Å². The second-order valence-corrected chi connectivity index (χ2v) is 5.53. The molecule has 0 atom stereocenters. The van der Waals surface area contributed by atoms with Gasteiger partial charge in [0.05, 0.1) is 11.4 Å². The lowest BCUT2D eigenvalue weighted by Gasteiger charge is -2.12. The van der Waals surface area contributed by atoms with Crippen LogP contribution in [0.4, 0.5) is 4.39 Å². The molecule has 0 spiro atoms. The maximum atomic E-state index is 14.3. The van der Waals surface area contributed by atoms with Crippen LogP contribution in [0.25, 0.3) is 5.69 Å². The summed E-state index contributed by atoms with van der Waals surface area (Å²) < 4.78 is 16.1. The number of pyridine rings is 1. The summed E-state index contributed by atoms with van der Waals surface area (Å²) in [6.07, 6.45) is 0. The molecule has 0 bridgehead atoms. The lowest BCUT2D eigenvalue weighted by atomic mass is 10.0. The molecule has 0 radical (unpaired) electrons. The average Bonchev–Trinajstić information content (AvgIpc) is 2.82. The van der Waals surface area contributed by atoms with Crippen molar-refractivity contribution in [1.82, 2.24) is 19.7 Å². The molecule has 2 aromatic heterocycles. The molecule has 0 unspecified atom stereocenters. The third kappa shape index (κ3) is 2.22. The van der Waals surface area contributed by atoms with Crippen LogP contribution in [-0.4, -0.2) is 25.5 Å². The molecule has 0 aliphatic carbocycles. The topological polar surface area (TPSA) is 56.0 Å². The number of aryl methyl sites for hydroxylation is 1. The predicted molar refractivity (Wildman–Crippen MR) is 84.6 cm³/mol. The third-order valence-corrected chi connectivity index (χ3v) is 3.92. The van der Waals surface area contributed by atoms with E-state index in [0.717, 1.165) is 11.5 Å². The van der Waals surface area contributed by atoms with Gasteiger partial charge >= 0.3 is 0 Å². The van der Waals surface area contributed by atoms with Crippen LogP contribution >= 0.6 is 11.6 Å². The molecule has 23 heavy (non-hydrogen) atoms. The molecule has 0 fully saturated rings. The van der Waals surface area contributed by atoms with E-state index in [4.69, 9.17) is 11.6 Å². The minimum atomic E-state index is -0.353. The first kappa shape index (κ1) is 14.0. The molecule has 0 saturated carbocycles. The highest BCUT2D eigenvalue weighted by atomic mass is 35.5. The molecule has 0 amide bonds. The summed E-state index contributed by atoms with van der Waals surface area (Å²) in [7, 11) is 0. The minimum Gasteiger partial charge on any atom is -0.279 e. The zero-order valence-corrected chi connectivity index (χ0v) is 12.9. The molecule has 3 aromatic rings. The van der Waals surface area contributed by atoms with Crippen molar-refractivity contribution in [3.8, 4) is 5.69 Å². The van der Waals surface area contributed by atoms with Crippen LogP contribution in [0.1, 0.15) is 22.9 Å². The van der Waals surface area contributed by atoms with Gasteiger partial charge in [0.1, 0.15) is 29.0 Å². The first-order chi connectivity index (χ1) is 11.1. The van der Waals surface area contributed by atoms with Crippen molar-refractivity contribution in [2.75, 3.05) is 0 Å². The van der Waals surface area contributed by atoms with Crippen molar-refractivity contribution in [2.24, 2.45) is 4.99 Å². The van der Waals surface area contributed by atoms with E-state index in [0.29, 0.717) is 34.5 Å². The Labute approximate surface area is 136 Å². The highest BCUT2D eigenvalue weighted by Gasteiger charge is 2.24. The smallest absolute Gasteiger partial charge is 0.159 e. The van der Waals surface area contributed by atoms with Crippen LogP contribution in [-0.2, 0) is 6.54 Å². The van der Waals surface area contributed by atoms with Crippen molar-refractivity contribution in [2.45, 2.75) is 13.5 Å². The maximum Gasteiger partial charge on any atom is 0.159 e. The Morgan fingerprint density at radius 3 is 2.78 bits per heavy atom. The van der Waals surface area contributed by atoms with Gasteiger partial charge in [0.15, 0.2) is 5.82 Å². The van der Waals surface area contributed by atoms with Gasteiger partial charge in [0.2, 0.25) is 0 Å². The zero-order valence-electron chi connectivity index (χ0n) is 12.2. The highest BCUT2D eigenvalue weighted by molar-refractivity contribution is 6.30. The van der Waals surface area contributed by atoms with E-state index in [1.807, 2.05) is 17.6 Å². The third-order valence-electron chi connectivity index (χ3n) is 3.70.